The van der Waals surface area contributed by atoms with Crippen LogP contribution in [0.15, 0.2) is 0 Å². The SMILES string of the molecule is CCCCCCCCCCCCCCCCCOC1CCC(CO[B]C(C)N(C(C)C)P(O)OCCC#N)O1. The Kier molecular flexibility index (Phi) is 24.0. The summed E-state index contributed by atoms with van der Waals surface area (Å²) >= 11 is 0. The van der Waals surface area contributed by atoms with Crippen molar-refractivity contribution in [2.75, 3.05) is 19.8 Å². The van der Waals surface area contributed by atoms with Crippen LogP contribution < -0.4 is 0 Å². The minimum absolute atomic E-state index is 0.0366. The molecule has 9 heteroatoms. The fourth-order valence-corrected chi connectivity index (χ4v) is 6.18. The van der Waals surface area contributed by atoms with Gasteiger partial charge in [-0.05, 0) is 26.7 Å². The number of hydrogen-bond acceptors (Lipinski definition) is 7. The third kappa shape index (κ3) is 19.5. The molecule has 1 radical (unpaired) electrons. The Morgan fingerprint density at radius 2 is 1.46 bits per heavy atom. The van der Waals surface area contributed by atoms with Crippen LogP contribution in [0.5, 0.6) is 0 Å². The molecule has 39 heavy (non-hydrogen) atoms. The zero-order valence-corrected chi connectivity index (χ0v) is 26.6. The van der Waals surface area contributed by atoms with E-state index in [1.807, 2.05) is 31.5 Å². The Labute approximate surface area is 242 Å². The quantitative estimate of drug-likeness (QED) is 0.0606. The van der Waals surface area contributed by atoms with Crippen molar-refractivity contribution in [1.29, 1.82) is 5.26 Å². The molecule has 0 aromatic heterocycles. The van der Waals surface area contributed by atoms with Crippen molar-refractivity contribution in [1.82, 2.24) is 4.67 Å². The van der Waals surface area contributed by atoms with Gasteiger partial charge in [0.1, 0.15) is 0 Å². The second-order valence-electron chi connectivity index (χ2n) is 11.3. The van der Waals surface area contributed by atoms with E-state index in [1.165, 1.54) is 89.9 Å². The van der Waals surface area contributed by atoms with Gasteiger partial charge in [0.05, 0.1) is 31.8 Å². The second kappa shape index (κ2) is 25.5. The van der Waals surface area contributed by atoms with E-state index >= 15 is 0 Å². The fourth-order valence-electron chi connectivity index (χ4n) is 5.03. The van der Waals surface area contributed by atoms with E-state index in [4.69, 9.17) is 23.9 Å². The van der Waals surface area contributed by atoms with E-state index in [0.717, 1.165) is 25.9 Å². The molecule has 1 heterocycles. The molecule has 1 aliphatic rings. The third-order valence-electron chi connectivity index (χ3n) is 7.26. The Balaban J connectivity index is 1.97. The molecule has 1 N–H and O–H groups in total. The van der Waals surface area contributed by atoms with Gasteiger partial charge in [0, 0.05) is 25.0 Å². The summed E-state index contributed by atoms with van der Waals surface area (Å²) < 4.78 is 25.1. The van der Waals surface area contributed by atoms with Crippen LogP contribution in [0.25, 0.3) is 0 Å². The Hall–Kier alpha value is -0.255. The first-order valence-electron chi connectivity index (χ1n) is 16.0. The van der Waals surface area contributed by atoms with Crippen LogP contribution in [0.4, 0.5) is 0 Å². The lowest BCUT2D eigenvalue weighted by Gasteiger charge is -2.34. The number of nitrogens with zero attached hydrogens (tertiary/aromatic N) is 2. The first-order chi connectivity index (χ1) is 19.0. The highest BCUT2D eigenvalue weighted by Gasteiger charge is 2.29. The van der Waals surface area contributed by atoms with Gasteiger partial charge in [0.25, 0.3) is 8.53 Å². The largest absolute Gasteiger partial charge is 0.436 e. The smallest absolute Gasteiger partial charge is 0.311 e. The molecule has 7 nitrogen and oxygen atoms in total. The summed E-state index contributed by atoms with van der Waals surface area (Å²) in [5, 5.41) is 8.66. The third-order valence-corrected chi connectivity index (χ3v) is 8.89. The number of hydrogen-bond donors (Lipinski definition) is 1. The topological polar surface area (TPSA) is 84.2 Å². The number of nitriles is 1. The summed E-state index contributed by atoms with van der Waals surface area (Å²) in [6, 6.07) is 2.11. The molecule has 0 saturated carbocycles. The van der Waals surface area contributed by atoms with Gasteiger partial charge in [-0.2, -0.15) is 5.26 Å². The minimum Gasteiger partial charge on any atom is -0.436 e. The zero-order chi connectivity index (χ0) is 28.6. The highest BCUT2D eigenvalue weighted by atomic mass is 31.2. The molecule has 1 saturated heterocycles. The van der Waals surface area contributed by atoms with Gasteiger partial charge in [0.2, 0.25) is 0 Å². The summed E-state index contributed by atoms with van der Waals surface area (Å²) in [4.78, 5) is 10.4. The molecule has 1 rings (SSSR count). The van der Waals surface area contributed by atoms with Crippen LogP contribution >= 0.6 is 8.53 Å². The minimum atomic E-state index is -1.77. The van der Waals surface area contributed by atoms with Crippen LogP contribution in [-0.4, -0.2) is 61.2 Å². The monoisotopic (exact) mass is 569 g/mol. The maximum Gasteiger partial charge on any atom is 0.311 e. The maximum absolute atomic E-state index is 10.4. The van der Waals surface area contributed by atoms with Gasteiger partial charge in [0.15, 0.2) is 6.29 Å². The highest BCUT2D eigenvalue weighted by Crippen LogP contribution is 2.40. The molecule has 1 fully saturated rings. The first-order valence-corrected chi connectivity index (χ1v) is 17.1. The Morgan fingerprint density at radius 3 is 2.00 bits per heavy atom. The van der Waals surface area contributed by atoms with E-state index < -0.39 is 8.53 Å². The van der Waals surface area contributed by atoms with Crippen molar-refractivity contribution in [2.45, 2.75) is 168 Å². The Morgan fingerprint density at radius 1 is 0.897 bits per heavy atom. The lowest BCUT2D eigenvalue weighted by Crippen LogP contribution is -2.40. The van der Waals surface area contributed by atoms with E-state index in [-0.39, 0.29) is 37.4 Å². The molecule has 4 unspecified atom stereocenters. The zero-order valence-electron chi connectivity index (χ0n) is 25.7. The van der Waals surface area contributed by atoms with Crippen LogP contribution in [0.1, 0.15) is 143 Å². The molecule has 0 spiro atoms. The predicted molar refractivity (Wildman–Crippen MR) is 162 cm³/mol. The molecular formula is C30H59BN2O5P. The van der Waals surface area contributed by atoms with Gasteiger partial charge in [-0.1, -0.05) is 104 Å². The standard InChI is InChI=1S/C30H59BN2O5P/c1-5-6-7-8-9-10-11-12-13-14-15-16-17-18-19-24-35-30-22-21-29(38-30)26-36-31-28(4)33(27(2)3)39(34)37-25-20-23-32/h27-30,34H,5-22,24-26H2,1-4H3. The summed E-state index contributed by atoms with van der Waals surface area (Å²) in [6.45, 7) is 9.74. The summed E-state index contributed by atoms with van der Waals surface area (Å²) in [5.74, 6) is -0.123. The predicted octanol–water partition coefficient (Wildman–Crippen LogP) is 8.22. The average Bonchev–Trinajstić information content (AvgIpc) is 3.36. The second-order valence-corrected chi connectivity index (χ2v) is 12.5. The molecule has 0 bridgehead atoms. The lowest BCUT2D eigenvalue weighted by molar-refractivity contribution is -0.139. The molecular weight excluding hydrogens is 510 g/mol. The van der Waals surface area contributed by atoms with E-state index in [9.17, 15) is 4.89 Å². The van der Waals surface area contributed by atoms with Crippen molar-refractivity contribution in [3.05, 3.63) is 0 Å². The van der Waals surface area contributed by atoms with Crippen molar-refractivity contribution >= 4 is 16.0 Å². The fraction of sp³-hybridized carbons (Fsp3) is 0.967. The normalized spacial score (nSPS) is 19.0. The van der Waals surface area contributed by atoms with Crippen molar-refractivity contribution < 1.29 is 23.5 Å². The first kappa shape index (κ1) is 36.8. The van der Waals surface area contributed by atoms with E-state index in [1.54, 1.807) is 7.48 Å². The van der Waals surface area contributed by atoms with E-state index in [2.05, 4.69) is 6.92 Å². The van der Waals surface area contributed by atoms with Crippen LogP contribution in [-0.2, 0) is 18.7 Å². The van der Waals surface area contributed by atoms with Crippen LogP contribution in [0.2, 0.25) is 0 Å². The number of unbranched alkanes of at least 4 members (excludes halogenated alkanes) is 14. The molecule has 0 aromatic rings. The number of rotatable bonds is 27. The van der Waals surface area contributed by atoms with Crippen molar-refractivity contribution in [2.24, 2.45) is 0 Å². The molecule has 1 aliphatic heterocycles. The highest BCUT2D eigenvalue weighted by molar-refractivity contribution is 7.43. The van der Waals surface area contributed by atoms with E-state index in [0.29, 0.717) is 6.61 Å². The van der Waals surface area contributed by atoms with Gasteiger partial charge >= 0.3 is 7.48 Å². The molecule has 0 aromatic carbocycles. The van der Waals surface area contributed by atoms with Gasteiger partial charge < -0.3 is 23.5 Å². The van der Waals surface area contributed by atoms with Crippen LogP contribution in [0, 0.1) is 11.3 Å². The van der Waals surface area contributed by atoms with Gasteiger partial charge in [-0.25, -0.2) is 4.67 Å². The van der Waals surface area contributed by atoms with Crippen molar-refractivity contribution in [3.63, 3.8) is 0 Å². The average molecular weight is 570 g/mol. The number of ether oxygens (including phenoxy) is 2. The van der Waals surface area contributed by atoms with Gasteiger partial charge in [-0.3, -0.25) is 0 Å². The summed E-state index contributed by atoms with van der Waals surface area (Å²) in [5.41, 5.74) is 0. The summed E-state index contributed by atoms with van der Waals surface area (Å²) in [7, 11) is -0.0270. The molecule has 4 atom stereocenters. The maximum atomic E-state index is 10.4. The molecule has 0 aliphatic carbocycles. The van der Waals surface area contributed by atoms with Crippen LogP contribution in [0.3, 0.4) is 0 Å². The summed E-state index contributed by atoms with van der Waals surface area (Å²) in [6.07, 6.45) is 22.6. The lowest BCUT2D eigenvalue weighted by atomic mass is 9.89. The van der Waals surface area contributed by atoms with Gasteiger partial charge in [-0.15, -0.1) is 0 Å². The Bertz CT molecular complexity index is 598. The molecule has 0 amide bonds. The molecule has 227 valence electrons. The van der Waals surface area contributed by atoms with Crippen molar-refractivity contribution in [3.8, 4) is 6.07 Å².